The summed E-state index contributed by atoms with van der Waals surface area (Å²) in [6.07, 6.45) is 1.12. The number of benzene rings is 1. The summed E-state index contributed by atoms with van der Waals surface area (Å²) >= 11 is 5.66. The van der Waals surface area contributed by atoms with Crippen molar-refractivity contribution in [2.75, 3.05) is 0 Å². The molecular formula is C10H8ClFO2. The van der Waals surface area contributed by atoms with E-state index in [1.165, 1.54) is 18.2 Å². The molecule has 2 rings (SSSR count). The van der Waals surface area contributed by atoms with Crippen molar-refractivity contribution in [2.24, 2.45) is 0 Å². The Hall–Kier alpha value is -1.09. The highest BCUT2D eigenvalue weighted by Crippen LogP contribution is 2.49. The average molecular weight is 215 g/mol. The van der Waals surface area contributed by atoms with E-state index in [-0.39, 0.29) is 5.02 Å². The fourth-order valence-electron chi connectivity index (χ4n) is 1.58. The minimum atomic E-state index is -0.904. The summed E-state index contributed by atoms with van der Waals surface area (Å²) < 4.78 is 13.0. The molecule has 0 atom stereocenters. The highest BCUT2D eigenvalue weighted by atomic mass is 35.5. The Kier molecular flexibility index (Phi) is 2.00. The smallest absolute Gasteiger partial charge is 0.314 e. The monoisotopic (exact) mass is 214 g/mol. The number of rotatable bonds is 2. The Morgan fingerprint density at radius 3 is 2.50 bits per heavy atom. The molecule has 1 aliphatic carbocycles. The molecule has 14 heavy (non-hydrogen) atoms. The maximum Gasteiger partial charge on any atom is 0.314 e. The number of carboxylic acid groups (broad SMARTS) is 1. The number of carbonyl (C=O) groups is 1. The SMILES string of the molecule is O=C(O)C1(c2cc(F)cc(Cl)c2)CC1. The molecule has 0 aliphatic heterocycles. The van der Waals surface area contributed by atoms with E-state index in [0.717, 1.165) is 0 Å². The zero-order valence-corrected chi connectivity index (χ0v) is 8.01. The maximum absolute atomic E-state index is 13.0. The lowest BCUT2D eigenvalue weighted by atomic mass is 9.96. The average Bonchev–Trinajstić information content (AvgIpc) is 2.81. The first-order valence-electron chi connectivity index (χ1n) is 4.24. The van der Waals surface area contributed by atoms with Gasteiger partial charge in [-0.25, -0.2) is 4.39 Å². The van der Waals surface area contributed by atoms with Crippen molar-refractivity contribution >= 4 is 17.6 Å². The highest BCUT2D eigenvalue weighted by Gasteiger charge is 2.51. The molecule has 2 nitrogen and oxygen atoms in total. The minimum Gasteiger partial charge on any atom is -0.481 e. The van der Waals surface area contributed by atoms with Crippen LogP contribution in [0.2, 0.25) is 5.02 Å². The van der Waals surface area contributed by atoms with Crippen LogP contribution in [0.5, 0.6) is 0 Å². The summed E-state index contributed by atoms with van der Waals surface area (Å²) in [7, 11) is 0. The zero-order chi connectivity index (χ0) is 10.3. The van der Waals surface area contributed by atoms with Gasteiger partial charge >= 0.3 is 5.97 Å². The first-order valence-corrected chi connectivity index (χ1v) is 4.62. The molecule has 0 spiro atoms. The van der Waals surface area contributed by atoms with Crippen LogP contribution in [0, 0.1) is 5.82 Å². The molecule has 1 aromatic rings. The Morgan fingerprint density at radius 2 is 2.07 bits per heavy atom. The molecule has 74 valence electrons. The second-order valence-corrected chi connectivity index (χ2v) is 3.98. The zero-order valence-electron chi connectivity index (χ0n) is 7.26. The van der Waals surface area contributed by atoms with Gasteiger partial charge in [0.15, 0.2) is 0 Å². The van der Waals surface area contributed by atoms with Crippen molar-refractivity contribution in [2.45, 2.75) is 18.3 Å². The van der Waals surface area contributed by atoms with E-state index in [4.69, 9.17) is 16.7 Å². The van der Waals surface area contributed by atoms with Crippen LogP contribution in [0.4, 0.5) is 4.39 Å². The number of hydrogen-bond donors (Lipinski definition) is 1. The molecular weight excluding hydrogens is 207 g/mol. The van der Waals surface area contributed by atoms with Crippen LogP contribution in [-0.2, 0) is 10.2 Å². The lowest BCUT2D eigenvalue weighted by molar-refractivity contribution is -0.140. The van der Waals surface area contributed by atoms with E-state index in [0.29, 0.717) is 18.4 Å². The number of hydrogen-bond acceptors (Lipinski definition) is 1. The summed E-state index contributed by atoms with van der Waals surface area (Å²) in [4.78, 5) is 10.9. The molecule has 1 aliphatic rings. The van der Waals surface area contributed by atoms with Gasteiger partial charge in [-0.3, -0.25) is 4.79 Å². The molecule has 0 saturated heterocycles. The van der Waals surface area contributed by atoms with E-state index >= 15 is 0 Å². The van der Waals surface area contributed by atoms with Crippen LogP contribution in [0.1, 0.15) is 18.4 Å². The normalized spacial score (nSPS) is 17.9. The van der Waals surface area contributed by atoms with Crippen LogP contribution in [-0.4, -0.2) is 11.1 Å². The Balaban J connectivity index is 2.47. The predicted octanol–water partition coefficient (Wildman–Crippen LogP) is 2.60. The quantitative estimate of drug-likeness (QED) is 0.822. The van der Waals surface area contributed by atoms with Gasteiger partial charge in [0.2, 0.25) is 0 Å². The van der Waals surface area contributed by atoms with Gasteiger partial charge in [-0.15, -0.1) is 0 Å². The lowest BCUT2D eigenvalue weighted by Crippen LogP contribution is -2.19. The fourth-order valence-corrected chi connectivity index (χ4v) is 1.80. The van der Waals surface area contributed by atoms with Crippen LogP contribution in [0.3, 0.4) is 0 Å². The molecule has 0 bridgehead atoms. The van der Waals surface area contributed by atoms with E-state index < -0.39 is 17.2 Å². The summed E-state index contributed by atoms with van der Waals surface area (Å²) in [6, 6.07) is 3.93. The van der Waals surface area contributed by atoms with E-state index in [1.54, 1.807) is 0 Å². The Labute approximate surface area is 85.3 Å². The Morgan fingerprint density at radius 1 is 1.43 bits per heavy atom. The molecule has 1 saturated carbocycles. The van der Waals surface area contributed by atoms with Crippen molar-refractivity contribution in [3.8, 4) is 0 Å². The summed E-state index contributed by atoms with van der Waals surface area (Å²) in [5.74, 6) is -1.39. The highest BCUT2D eigenvalue weighted by molar-refractivity contribution is 6.30. The van der Waals surface area contributed by atoms with Crippen molar-refractivity contribution < 1.29 is 14.3 Å². The van der Waals surface area contributed by atoms with Crippen LogP contribution in [0.15, 0.2) is 18.2 Å². The number of carboxylic acids is 1. The van der Waals surface area contributed by atoms with Crippen molar-refractivity contribution in [1.29, 1.82) is 0 Å². The van der Waals surface area contributed by atoms with E-state index in [2.05, 4.69) is 0 Å². The van der Waals surface area contributed by atoms with Gasteiger partial charge in [-0.2, -0.15) is 0 Å². The second kappa shape index (κ2) is 2.95. The molecule has 0 unspecified atom stereocenters. The molecule has 0 aromatic heterocycles. The topological polar surface area (TPSA) is 37.3 Å². The summed E-state index contributed by atoms with van der Waals surface area (Å²) in [5, 5.41) is 9.22. The molecule has 0 radical (unpaired) electrons. The standard InChI is InChI=1S/C10H8ClFO2/c11-7-3-6(4-8(12)5-7)10(1-2-10)9(13)14/h3-5H,1-2H2,(H,13,14). The van der Waals surface area contributed by atoms with Gasteiger partial charge in [0.1, 0.15) is 5.82 Å². The van der Waals surface area contributed by atoms with Gasteiger partial charge in [0.25, 0.3) is 0 Å². The third kappa shape index (κ3) is 1.38. The fraction of sp³-hybridized carbons (Fsp3) is 0.300. The van der Waals surface area contributed by atoms with Gasteiger partial charge in [-0.05, 0) is 36.6 Å². The maximum atomic E-state index is 13.0. The predicted molar refractivity (Wildman–Crippen MR) is 50.0 cm³/mol. The molecule has 4 heteroatoms. The van der Waals surface area contributed by atoms with E-state index in [9.17, 15) is 9.18 Å². The van der Waals surface area contributed by atoms with Crippen LogP contribution < -0.4 is 0 Å². The Bertz CT molecular complexity index is 379. The van der Waals surface area contributed by atoms with Gasteiger partial charge in [0, 0.05) is 5.02 Å². The van der Waals surface area contributed by atoms with E-state index in [1.807, 2.05) is 0 Å². The molecule has 1 N–H and O–H groups in total. The first kappa shape index (κ1) is 9.46. The molecule has 1 fully saturated rings. The van der Waals surface area contributed by atoms with Crippen molar-refractivity contribution in [1.82, 2.24) is 0 Å². The first-order chi connectivity index (χ1) is 6.54. The second-order valence-electron chi connectivity index (χ2n) is 3.55. The van der Waals surface area contributed by atoms with Crippen LogP contribution in [0.25, 0.3) is 0 Å². The van der Waals surface area contributed by atoms with Crippen molar-refractivity contribution in [3.63, 3.8) is 0 Å². The third-order valence-electron chi connectivity index (χ3n) is 2.57. The van der Waals surface area contributed by atoms with Gasteiger partial charge < -0.3 is 5.11 Å². The molecule has 0 amide bonds. The van der Waals surface area contributed by atoms with Crippen LogP contribution >= 0.6 is 11.6 Å². The lowest BCUT2D eigenvalue weighted by Gasteiger charge is -2.10. The molecule has 0 heterocycles. The summed E-state index contributed by atoms with van der Waals surface area (Å²) in [6.45, 7) is 0. The third-order valence-corrected chi connectivity index (χ3v) is 2.79. The van der Waals surface area contributed by atoms with Gasteiger partial charge in [0.05, 0.1) is 5.41 Å². The number of halogens is 2. The summed E-state index contributed by atoms with van der Waals surface area (Å²) in [5.41, 5.74) is -0.416. The van der Waals surface area contributed by atoms with Crippen molar-refractivity contribution in [3.05, 3.63) is 34.6 Å². The minimum absolute atomic E-state index is 0.243. The molecule has 1 aromatic carbocycles. The largest absolute Gasteiger partial charge is 0.481 e. The van der Waals surface area contributed by atoms with Gasteiger partial charge in [-0.1, -0.05) is 11.6 Å². The number of aliphatic carboxylic acids is 1.